The predicted octanol–water partition coefficient (Wildman–Crippen LogP) is 3.59. The molecule has 2 aromatic carbocycles. The predicted molar refractivity (Wildman–Crippen MR) is 116 cm³/mol. The van der Waals surface area contributed by atoms with Crippen LogP contribution in [-0.2, 0) is 9.59 Å². The van der Waals surface area contributed by atoms with Crippen molar-refractivity contribution < 1.29 is 28.9 Å². The molecule has 152 valence electrons. The van der Waals surface area contributed by atoms with Crippen LogP contribution in [0.5, 0.6) is 17.2 Å². The van der Waals surface area contributed by atoms with Gasteiger partial charge in [-0.2, -0.15) is 0 Å². The number of rotatable bonds is 8. The summed E-state index contributed by atoms with van der Waals surface area (Å²) in [4.78, 5) is 23.3. The number of thiocarbonyl (C=S) groups is 1. The van der Waals surface area contributed by atoms with Gasteiger partial charge in [-0.15, -0.1) is 0 Å². The van der Waals surface area contributed by atoms with Gasteiger partial charge in [-0.25, -0.2) is 0 Å². The van der Waals surface area contributed by atoms with Crippen LogP contribution in [0.2, 0.25) is 0 Å². The summed E-state index contributed by atoms with van der Waals surface area (Å²) in [5, 5.41) is 13.1. The minimum Gasteiger partial charge on any atom is -0.493 e. The van der Waals surface area contributed by atoms with Gasteiger partial charge in [-0.3, -0.25) is 9.59 Å². The van der Waals surface area contributed by atoms with Gasteiger partial charge in [0, 0.05) is 12.0 Å². The number of carboxylic acid groups (broad SMARTS) is 1. The molecule has 0 aliphatic carbocycles. The molecule has 0 radical (unpaired) electrons. The number of aliphatic carboxylic acids is 1. The van der Waals surface area contributed by atoms with E-state index in [1.165, 1.54) is 11.8 Å². The normalized spacial score (nSPS) is 14.9. The molecule has 9 heteroatoms. The highest BCUT2D eigenvalue weighted by atomic mass is 32.2. The van der Waals surface area contributed by atoms with E-state index in [1.807, 2.05) is 18.2 Å². The van der Waals surface area contributed by atoms with E-state index in [2.05, 4.69) is 5.32 Å². The SMILES string of the molecule is COc1cc2ccc(OCCCC(=O)O)c(C=C3SC(=S)NC3=O)c2cc1OC. The summed E-state index contributed by atoms with van der Waals surface area (Å²) < 4.78 is 17.0. The van der Waals surface area contributed by atoms with Gasteiger partial charge < -0.3 is 24.6 Å². The van der Waals surface area contributed by atoms with Crippen molar-refractivity contribution in [1.82, 2.24) is 5.32 Å². The van der Waals surface area contributed by atoms with Crippen molar-refractivity contribution in [2.75, 3.05) is 20.8 Å². The van der Waals surface area contributed by atoms with Gasteiger partial charge in [0.15, 0.2) is 11.5 Å². The molecule has 0 atom stereocenters. The minimum absolute atomic E-state index is 0.0154. The largest absolute Gasteiger partial charge is 0.493 e. The van der Waals surface area contributed by atoms with E-state index in [1.54, 1.807) is 26.4 Å². The third-order valence-corrected chi connectivity index (χ3v) is 5.40. The lowest BCUT2D eigenvalue weighted by Gasteiger charge is -2.15. The lowest BCUT2D eigenvalue weighted by Crippen LogP contribution is -2.17. The number of benzene rings is 2. The number of thioether (sulfide) groups is 1. The zero-order valence-corrected chi connectivity index (χ0v) is 17.4. The summed E-state index contributed by atoms with van der Waals surface area (Å²) in [5.74, 6) is 0.520. The number of fused-ring (bicyclic) bond motifs is 1. The van der Waals surface area contributed by atoms with Crippen LogP contribution in [0.1, 0.15) is 18.4 Å². The number of carboxylic acids is 1. The quantitative estimate of drug-likeness (QED) is 0.371. The number of nitrogens with one attached hydrogen (secondary N) is 1. The maximum atomic E-state index is 12.2. The highest BCUT2D eigenvalue weighted by molar-refractivity contribution is 8.26. The summed E-state index contributed by atoms with van der Waals surface area (Å²) in [5.41, 5.74) is 0.682. The molecule has 1 heterocycles. The maximum Gasteiger partial charge on any atom is 0.303 e. The van der Waals surface area contributed by atoms with Gasteiger partial charge in [0.25, 0.3) is 5.91 Å². The van der Waals surface area contributed by atoms with Crippen LogP contribution in [0.3, 0.4) is 0 Å². The summed E-state index contributed by atoms with van der Waals surface area (Å²) in [7, 11) is 3.11. The van der Waals surface area contributed by atoms with Gasteiger partial charge in [0.1, 0.15) is 10.1 Å². The fraction of sp³-hybridized carbons (Fsp3) is 0.250. The van der Waals surface area contributed by atoms with E-state index >= 15 is 0 Å². The number of carbonyl (C=O) groups excluding carboxylic acids is 1. The number of hydrogen-bond acceptors (Lipinski definition) is 7. The number of hydrogen-bond donors (Lipinski definition) is 2. The van der Waals surface area contributed by atoms with Crippen molar-refractivity contribution in [2.45, 2.75) is 12.8 Å². The molecule has 0 saturated carbocycles. The Morgan fingerprint density at radius 3 is 2.55 bits per heavy atom. The Bertz CT molecular complexity index is 1020. The fourth-order valence-electron chi connectivity index (χ4n) is 2.89. The summed E-state index contributed by atoms with van der Waals surface area (Å²) >= 11 is 6.25. The molecule has 0 spiro atoms. The van der Waals surface area contributed by atoms with Gasteiger partial charge in [-0.05, 0) is 41.5 Å². The van der Waals surface area contributed by atoms with E-state index in [-0.39, 0.29) is 18.9 Å². The van der Waals surface area contributed by atoms with Crippen LogP contribution in [-0.4, -0.2) is 42.1 Å². The van der Waals surface area contributed by atoms with Crippen molar-refractivity contribution >= 4 is 57.0 Å². The Kier molecular flexibility index (Phi) is 6.60. The monoisotopic (exact) mass is 433 g/mol. The van der Waals surface area contributed by atoms with Crippen molar-refractivity contribution in [3.63, 3.8) is 0 Å². The Balaban J connectivity index is 2.08. The first-order chi connectivity index (χ1) is 13.9. The molecular formula is C20H19NO6S2. The Labute approximate surface area is 177 Å². The Morgan fingerprint density at radius 1 is 1.21 bits per heavy atom. The average molecular weight is 434 g/mol. The summed E-state index contributed by atoms with van der Waals surface area (Å²) in [6.07, 6.45) is 2.11. The van der Waals surface area contributed by atoms with Crippen molar-refractivity contribution in [2.24, 2.45) is 0 Å². The number of amides is 1. The first-order valence-corrected chi connectivity index (χ1v) is 9.93. The standard InChI is InChI=1S/C20H19NO6S2/c1-25-15-8-11-5-6-14(27-7-3-4-18(22)23)13(12(11)9-16(15)26-2)10-17-19(24)21-20(28)29-17/h5-6,8-10H,3-4,7H2,1-2H3,(H,22,23)(H,21,24,28). The molecule has 0 aromatic heterocycles. The fourth-order valence-corrected chi connectivity index (χ4v) is 3.91. The van der Waals surface area contributed by atoms with E-state index in [0.29, 0.717) is 38.5 Å². The molecule has 1 saturated heterocycles. The summed E-state index contributed by atoms with van der Waals surface area (Å²) in [6.45, 7) is 0.235. The van der Waals surface area contributed by atoms with Crippen LogP contribution in [0.25, 0.3) is 16.8 Å². The van der Waals surface area contributed by atoms with Gasteiger partial charge >= 0.3 is 5.97 Å². The van der Waals surface area contributed by atoms with Gasteiger partial charge in [-0.1, -0.05) is 30.0 Å². The van der Waals surface area contributed by atoms with E-state index < -0.39 is 5.97 Å². The van der Waals surface area contributed by atoms with Crippen molar-refractivity contribution in [3.8, 4) is 17.2 Å². The molecule has 1 aliphatic rings. The maximum absolute atomic E-state index is 12.2. The average Bonchev–Trinajstić information content (AvgIpc) is 3.01. The van der Waals surface area contributed by atoms with Crippen molar-refractivity contribution in [3.05, 3.63) is 34.7 Å². The highest BCUT2D eigenvalue weighted by Crippen LogP contribution is 2.39. The van der Waals surface area contributed by atoms with Crippen molar-refractivity contribution in [1.29, 1.82) is 0 Å². The Morgan fingerprint density at radius 2 is 1.93 bits per heavy atom. The van der Waals surface area contributed by atoms with Crippen LogP contribution in [0.4, 0.5) is 0 Å². The third-order valence-electron chi connectivity index (χ3n) is 4.24. The van der Waals surface area contributed by atoms with Crippen LogP contribution in [0.15, 0.2) is 29.2 Å². The van der Waals surface area contributed by atoms with Crippen LogP contribution in [0, 0.1) is 0 Å². The molecular weight excluding hydrogens is 414 g/mol. The van der Waals surface area contributed by atoms with E-state index in [4.69, 9.17) is 31.5 Å². The zero-order chi connectivity index (χ0) is 21.0. The smallest absolute Gasteiger partial charge is 0.303 e. The lowest BCUT2D eigenvalue weighted by molar-refractivity contribution is -0.137. The zero-order valence-electron chi connectivity index (χ0n) is 15.8. The lowest BCUT2D eigenvalue weighted by atomic mass is 10.0. The topological polar surface area (TPSA) is 94.1 Å². The molecule has 29 heavy (non-hydrogen) atoms. The number of carbonyl (C=O) groups is 2. The molecule has 7 nitrogen and oxygen atoms in total. The molecule has 0 unspecified atom stereocenters. The highest BCUT2D eigenvalue weighted by Gasteiger charge is 2.23. The minimum atomic E-state index is -0.876. The third kappa shape index (κ3) is 4.80. The number of methoxy groups -OCH3 is 2. The second-order valence-electron chi connectivity index (χ2n) is 6.10. The molecule has 1 amide bonds. The molecule has 0 bridgehead atoms. The van der Waals surface area contributed by atoms with Crippen LogP contribution >= 0.6 is 24.0 Å². The van der Waals surface area contributed by atoms with E-state index in [9.17, 15) is 9.59 Å². The first kappa shape index (κ1) is 20.9. The van der Waals surface area contributed by atoms with Gasteiger partial charge in [0.05, 0.1) is 25.7 Å². The molecule has 3 rings (SSSR count). The summed E-state index contributed by atoms with van der Waals surface area (Å²) in [6, 6.07) is 7.33. The van der Waals surface area contributed by atoms with Crippen LogP contribution < -0.4 is 19.5 Å². The molecule has 2 aromatic rings. The second kappa shape index (κ2) is 9.15. The number of ether oxygens (including phenoxy) is 3. The second-order valence-corrected chi connectivity index (χ2v) is 7.82. The van der Waals surface area contributed by atoms with E-state index in [0.717, 1.165) is 10.8 Å². The molecule has 2 N–H and O–H groups in total. The van der Waals surface area contributed by atoms with Gasteiger partial charge in [0.2, 0.25) is 0 Å². The molecule has 1 aliphatic heterocycles. The Hall–Kier alpha value is -2.78. The first-order valence-electron chi connectivity index (χ1n) is 8.71. The molecule has 1 fully saturated rings.